The van der Waals surface area contributed by atoms with Gasteiger partial charge in [0.25, 0.3) is 0 Å². The molecule has 0 spiro atoms. The van der Waals surface area contributed by atoms with Gasteiger partial charge in [-0.1, -0.05) is 0 Å². The van der Waals surface area contributed by atoms with Crippen molar-refractivity contribution in [3.63, 3.8) is 0 Å². The van der Waals surface area contributed by atoms with Crippen LogP contribution in [-0.4, -0.2) is 14.8 Å². The standard InChI is InChI=1S/C9H10N4/c1-7-6-11-4-2-8(7)13-9(10)3-5-12-13/h2-6H,10H2,1H3. The summed E-state index contributed by atoms with van der Waals surface area (Å²) in [6.45, 7) is 1.98. The molecule has 0 saturated carbocycles. The maximum atomic E-state index is 5.72. The SMILES string of the molecule is Cc1cnccc1-n1nccc1N. The highest BCUT2D eigenvalue weighted by Gasteiger charge is 2.03. The monoisotopic (exact) mass is 174 g/mol. The number of rotatable bonds is 1. The average molecular weight is 174 g/mol. The molecule has 0 aliphatic carbocycles. The summed E-state index contributed by atoms with van der Waals surface area (Å²) in [5.74, 6) is 0.634. The van der Waals surface area contributed by atoms with Crippen molar-refractivity contribution in [3.05, 3.63) is 36.3 Å². The van der Waals surface area contributed by atoms with Crippen LogP contribution in [0, 0.1) is 6.92 Å². The van der Waals surface area contributed by atoms with Gasteiger partial charge in [-0.15, -0.1) is 0 Å². The van der Waals surface area contributed by atoms with Crippen LogP contribution < -0.4 is 5.73 Å². The Bertz CT molecular complexity index is 419. The lowest BCUT2D eigenvalue weighted by molar-refractivity contribution is 0.879. The van der Waals surface area contributed by atoms with Gasteiger partial charge in [-0.05, 0) is 18.6 Å². The molecule has 2 aromatic rings. The topological polar surface area (TPSA) is 56.7 Å². The fourth-order valence-electron chi connectivity index (χ4n) is 1.22. The molecule has 0 atom stereocenters. The Morgan fingerprint density at radius 2 is 2.15 bits per heavy atom. The maximum absolute atomic E-state index is 5.72. The highest BCUT2D eigenvalue weighted by molar-refractivity contribution is 5.44. The van der Waals surface area contributed by atoms with Crippen molar-refractivity contribution in [2.24, 2.45) is 0 Å². The summed E-state index contributed by atoms with van der Waals surface area (Å²) in [6.07, 6.45) is 5.19. The van der Waals surface area contributed by atoms with Crippen molar-refractivity contribution in [2.45, 2.75) is 6.92 Å². The molecule has 2 N–H and O–H groups in total. The summed E-state index contributed by atoms with van der Waals surface area (Å²) in [4.78, 5) is 4.00. The summed E-state index contributed by atoms with van der Waals surface area (Å²) in [5, 5.41) is 4.11. The number of nitrogen functional groups attached to an aromatic ring is 1. The van der Waals surface area contributed by atoms with Gasteiger partial charge in [-0.2, -0.15) is 5.10 Å². The molecule has 66 valence electrons. The maximum Gasteiger partial charge on any atom is 0.127 e. The summed E-state index contributed by atoms with van der Waals surface area (Å²) in [5.41, 5.74) is 7.75. The second-order valence-electron chi connectivity index (χ2n) is 2.83. The fraction of sp³-hybridized carbons (Fsp3) is 0.111. The average Bonchev–Trinajstić information content (AvgIpc) is 2.52. The quantitative estimate of drug-likeness (QED) is 0.705. The molecule has 0 bridgehead atoms. The van der Waals surface area contributed by atoms with Gasteiger partial charge in [0.2, 0.25) is 0 Å². The first-order valence-electron chi connectivity index (χ1n) is 3.99. The van der Waals surface area contributed by atoms with Gasteiger partial charge in [-0.3, -0.25) is 4.98 Å². The molecule has 4 nitrogen and oxygen atoms in total. The third-order valence-electron chi connectivity index (χ3n) is 1.89. The molecule has 2 aromatic heterocycles. The normalized spacial score (nSPS) is 10.2. The molecular weight excluding hydrogens is 164 g/mol. The Morgan fingerprint density at radius 1 is 1.31 bits per heavy atom. The lowest BCUT2D eigenvalue weighted by atomic mass is 10.2. The van der Waals surface area contributed by atoms with Crippen LogP contribution in [0.25, 0.3) is 5.69 Å². The minimum atomic E-state index is 0.634. The summed E-state index contributed by atoms with van der Waals surface area (Å²) >= 11 is 0. The van der Waals surface area contributed by atoms with Crippen molar-refractivity contribution < 1.29 is 0 Å². The molecular formula is C9H10N4. The Kier molecular flexibility index (Phi) is 1.73. The summed E-state index contributed by atoms with van der Waals surface area (Å²) < 4.78 is 1.69. The van der Waals surface area contributed by atoms with Crippen LogP contribution in [0.3, 0.4) is 0 Å². The zero-order valence-corrected chi connectivity index (χ0v) is 7.31. The van der Waals surface area contributed by atoms with Crippen molar-refractivity contribution in [1.29, 1.82) is 0 Å². The molecule has 0 radical (unpaired) electrons. The Hall–Kier alpha value is -1.84. The molecule has 0 aromatic carbocycles. The molecule has 0 unspecified atom stereocenters. The Morgan fingerprint density at radius 3 is 2.77 bits per heavy atom. The predicted octanol–water partition coefficient (Wildman–Crippen LogP) is 1.16. The van der Waals surface area contributed by atoms with Crippen LogP contribution in [0.4, 0.5) is 5.82 Å². The molecule has 0 aliphatic heterocycles. The van der Waals surface area contributed by atoms with E-state index in [0.717, 1.165) is 11.3 Å². The molecule has 0 aliphatic rings. The first kappa shape index (κ1) is 7.79. The van der Waals surface area contributed by atoms with E-state index in [1.165, 1.54) is 0 Å². The first-order valence-corrected chi connectivity index (χ1v) is 3.99. The third-order valence-corrected chi connectivity index (χ3v) is 1.89. The number of nitrogens with two attached hydrogens (primary N) is 1. The van der Waals surface area contributed by atoms with E-state index in [1.807, 2.05) is 13.0 Å². The predicted molar refractivity (Wildman–Crippen MR) is 50.5 cm³/mol. The molecule has 0 saturated heterocycles. The van der Waals surface area contributed by atoms with E-state index in [4.69, 9.17) is 5.73 Å². The Balaban J connectivity index is 2.59. The van der Waals surface area contributed by atoms with Gasteiger partial charge < -0.3 is 5.73 Å². The van der Waals surface area contributed by atoms with Crippen LogP contribution >= 0.6 is 0 Å². The number of aryl methyl sites for hydroxylation is 1. The van der Waals surface area contributed by atoms with Crippen LogP contribution in [0.15, 0.2) is 30.7 Å². The van der Waals surface area contributed by atoms with E-state index in [-0.39, 0.29) is 0 Å². The second kappa shape index (κ2) is 2.90. The molecule has 13 heavy (non-hydrogen) atoms. The third kappa shape index (κ3) is 1.26. The van der Waals surface area contributed by atoms with E-state index in [1.54, 1.807) is 29.3 Å². The van der Waals surface area contributed by atoms with Gasteiger partial charge in [0, 0.05) is 18.5 Å². The number of hydrogen-bond acceptors (Lipinski definition) is 3. The number of anilines is 1. The zero-order valence-electron chi connectivity index (χ0n) is 7.31. The van der Waals surface area contributed by atoms with E-state index in [9.17, 15) is 0 Å². The van der Waals surface area contributed by atoms with E-state index in [2.05, 4.69) is 10.1 Å². The lowest BCUT2D eigenvalue weighted by Crippen LogP contribution is -2.03. The summed E-state index contributed by atoms with van der Waals surface area (Å²) in [7, 11) is 0. The lowest BCUT2D eigenvalue weighted by Gasteiger charge is -2.05. The highest BCUT2D eigenvalue weighted by Crippen LogP contribution is 2.14. The van der Waals surface area contributed by atoms with Crippen LogP contribution in [0.5, 0.6) is 0 Å². The van der Waals surface area contributed by atoms with E-state index >= 15 is 0 Å². The number of aromatic nitrogens is 3. The van der Waals surface area contributed by atoms with Crippen LogP contribution in [0.2, 0.25) is 0 Å². The van der Waals surface area contributed by atoms with Gasteiger partial charge in [-0.25, -0.2) is 4.68 Å². The van der Waals surface area contributed by atoms with E-state index in [0.29, 0.717) is 5.82 Å². The van der Waals surface area contributed by atoms with Crippen LogP contribution in [-0.2, 0) is 0 Å². The molecule has 0 fully saturated rings. The van der Waals surface area contributed by atoms with Gasteiger partial charge in [0.1, 0.15) is 5.82 Å². The van der Waals surface area contributed by atoms with Gasteiger partial charge >= 0.3 is 0 Å². The minimum absolute atomic E-state index is 0.634. The largest absolute Gasteiger partial charge is 0.384 e. The first-order chi connectivity index (χ1) is 6.29. The van der Waals surface area contributed by atoms with E-state index < -0.39 is 0 Å². The molecule has 2 heterocycles. The van der Waals surface area contributed by atoms with Crippen molar-refractivity contribution >= 4 is 5.82 Å². The minimum Gasteiger partial charge on any atom is -0.384 e. The zero-order chi connectivity index (χ0) is 9.26. The number of nitrogens with zero attached hydrogens (tertiary/aromatic N) is 3. The molecule has 4 heteroatoms. The molecule has 0 amide bonds. The number of pyridine rings is 1. The smallest absolute Gasteiger partial charge is 0.127 e. The van der Waals surface area contributed by atoms with Crippen molar-refractivity contribution in [2.75, 3.05) is 5.73 Å². The molecule has 2 rings (SSSR count). The second-order valence-corrected chi connectivity index (χ2v) is 2.83. The van der Waals surface area contributed by atoms with Crippen LogP contribution in [0.1, 0.15) is 5.56 Å². The van der Waals surface area contributed by atoms with Crippen molar-refractivity contribution in [1.82, 2.24) is 14.8 Å². The van der Waals surface area contributed by atoms with Gasteiger partial charge in [0.15, 0.2) is 0 Å². The summed E-state index contributed by atoms with van der Waals surface area (Å²) in [6, 6.07) is 3.65. The number of hydrogen-bond donors (Lipinski definition) is 1. The fourth-order valence-corrected chi connectivity index (χ4v) is 1.22. The van der Waals surface area contributed by atoms with Crippen molar-refractivity contribution in [3.8, 4) is 5.69 Å². The Labute approximate surface area is 76.0 Å². The highest BCUT2D eigenvalue weighted by atomic mass is 15.3. The van der Waals surface area contributed by atoms with Gasteiger partial charge in [0.05, 0.1) is 11.9 Å².